The first kappa shape index (κ1) is 17.3. The first-order valence-electron chi connectivity index (χ1n) is 7.13. The number of rotatable bonds is 6. The molecule has 1 aromatic carbocycles. The number of carbonyl (C=O) groups excluding carboxylic acids is 4. The lowest BCUT2D eigenvalue weighted by Gasteiger charge is -2.18. The number of esters is 1. The van der Waals surface area contributed by atoms with Gasteiger partial charge in [0, 0.05) is 12.0 Å². The fourth-order valence-corrected chi connectivity index (χ4v) is 1.97. The van der Waals surface area contributed by atoms with E-state index in [0.29, 0.717) is 30.3 Å². The molecule has 0 fully saturated rings. The Morgan fingerprint density at radius 3 is 2.50 bits per heavy atom. The van der Waals surface area contributed by atoms with E-state index >= 15 is 0 Å². The van der Waals surface area contributed by atoms with E-state index in [1.54, 1.807) is 23.5 Å². The molecule has 2 rings (SSSR count). The normalized spacial score (nSPS) is 12.2. The second-order valence-electron chi connectivity index (χ2n) is 4.85. The third-order valence-corrected chi connectivity index (χ3v) is 3.05. The highest BCUT2D eigenvalue weighted by Gasteiger charge is 2.16. The Bertz CT molecular complexity index is 672. The molecule has 9 heteroatoms. The van der Waals surface area contributed by atoms with Crippen molar-refractivity contribution in [3.8, 4) is 11.5 Å². The zero-order chi connectivity index (χ0) is 17.5. The molecule has 0 unspecified atom stereocenters. The lowest BCUT2D eigenvalue weighted by atomic mass is 10.1. The summed E-state index contributed by atoms with van der Waals surface area (Å²) in [6.45, 7) is 0.222. The largest absolute Gasteiger partial charge is 0.486 e. The molecule has 0 bridgehead atoms. The van der Waals surface area contributed by atoms with Gasteiger partial charge in [-0.1, -0.05) is 0 Å². The van der Waals surface area contributed by atoms with Crippen LogP contribution in [-0.4, -0.2) is 43.5 Å². The number of urea groups is 1. The molecule has 3 amide bonds. The number of ether oxygens (including phenoxy) is 3. The molecular formula is C15H16N2O7. The number of Topliss-reactive ketones (excluding diaryl/α,β-unsaturated/α-hetero) is 1. The predicted molar refractivity (Wildman–Crippen MR) is 79.7 cm³/mol. The molecule has 1 heterocycles. The summed E-state index contributed by atoms with van der Waals surface area (Å²) in [6, 6.07) is 3.74. The van der Waals surface area contributed by atoms with Crippen molar-refractivity contribution in [3.05, 3.63) is 23.8 Å². The highest BCUT2D eigenvalue weighted by Crippen LogP contribution is 2.31. The minimum atomic E-state index is -1.04. The zero-order valence-corrected chi connectivity index (χ0v) is 12.7. The molecule has 0 saturated heterocycles. The van der Waals surface area contributed by atoms with Crippen LogP contribution in [0.25, 0.3) is 0 Å². The van der Waals surface area contributed by atoms with E-state index in [2.05, 4.69) is 4.74 Å². The molecule has 3 N–H and O–H groups in total. The van der Waals surface area contributed by atoms with Gasteiger partial charge >= 0.3 is 12.0 Å². The number of ketones is 1. The van der Waals surface area contributed by atoms with Crippen LogP contribution in [0.1, 0.15) is 23.2 Å². The summed E-state index contributed by atoms with van der Waals surface area (Å²) in [4.78, 5) is 45.0. The maximum atomic E-state index is 12.1. The summed E-state index contributed by atoms with van der Waals surface area (Å²) in [5.74, 6) is -0.796. The van der Waals surface area contributed by atoms with Gasteiger partial charge in [0.25, 0.3) is 5.91 Å². The van der Waals surface area contributed by atoms with Gasteiger partial charge in [0.05, 0.1) is 6.42 Å². The van der Waals surface area contributed by atoms with E-state index in [9.17, 15) is 19.2 Å². The Morgan fingerprint density at radius 2 is 1.79 bits per heavy atom. The second kappa shape index (κ2) is 7.95. The fourth-order valence-electron chi connectivity index (χ4n) is 1.97. The van der Waals surface area contributed by atoms with Gasteiger partial charge in [0.2, 0.25) is 0 Å². The molecule has 0 aliphatic carbocycles. The van der Waals surface area contributed by atoms with Crippen LogP contribution >= 0.6 is 0 Å². The topological polar surface area (TPSA) is 134 Å². The predicted octanol–water partition coefficient (Wildman–Crippen LogP) is 0.159. The van der Waals surface area contributed by atoms with Crippen LogP contribution in [-0.2, 0) is 14.3 Å². The molecular weight excluding hydrogens is 320 g/mol. The number of primary amides is 1. The maximum absolute atomic E-state index is 12.1. The zero-order valence-electron chi connectivity index (χ0n) is 12.7. The maximum Gasteiger partial charge on any atom is 0.318 e. The van der Waals surface area contributed by atoms with Crippen molar-refractivity contribution in [3.63, 3.8) is 0 Å². The van der Waals surface area contributed by atoms with Crippen molar-refractivity contribution >= 4 is 23.7 Å². The van der Waals surface area contributed by atoms with Crippen molar-refractivity contribution in [1.29, 1.82) is 0 Å². The minimum absolute atomic E-state index is 0.0874. The molecule has 24 heavy (non-hydrogen) atoms. The highest BCUT2D eigenvalue weighted by atomic mass is 16.6. The molecule has 1 aromatic rings. The number of benzene rings is 1. The summed E-state index contributed by atoms with van der Waals surface area (Å²) in [7, 11) is 0. The summed E-state index contributed by atoms with van der Waals surface area (Å²) >= 11 is 0. The first-order valence-corrected chi connectivity index (χ1v) is 7.13. The highest BCUT2D eigenvalue weighted by molar-refractivity contribution is 5.98. The van der Waals surface area contributed by atoms with Gasteiger partial charge < -0.3 is 19.9 Å². The summed E-state index contributed by atoms with van der Waals surface area (Å²) in [6.07, 6.45) is -0.285. The van der Waals surface area contributed by atoms with Crippen molar-refractivity contribution in [1.82, 2.24) is 5.32 Å². The minimum Gasteiger partial charge on any atom is -0.486 e. The second-order valence-corrected chi connectivity index (χ2v) is 4.85. The van der Waals surface area contributed by atoms with Gasteiger partial charge in [-0.3, -0.25) is 19.7 Å². The molecule has 0 spiro atoms. The Hall–Kier alpha value is -3.10. The number of hydrogen-bond donors (Lipinski definition) is 2. The number of fused-ring (bicyclic) bond motifs is 1. The first-order chi connectivity index (χ1) is 11.5. The number of nitrogens with one attached hydrogen (secondary N) is 1. The molecule has 1 aliphatic heterocycles. The molecule has 0 aromatic heterocycles. The van der Waals surface area contributed by atoms with Gasteiger partial charge in [0.15, 0.2) is 23.9 Å². The summed E-state index contributed by atoms with van der Waals surface area (Å²) < 4.78 is 15.4. The van der Waals surface area contributed by atoms with Crippen LogP contribution in [0.4, 0.5) is 4.79 Å². The SMILES string of the molecule is NC(=O)NC(=O)COC(=O)CCC(=O)c1ccc2c(c1)OCCO2. The standard InChI is InChI=1S/C15H16N2O7/c16-15(21)17-13(19)8-24-14(20)4-2-10(18)9-1-3-11-12(7-9)23-6-5-22-11/h1,3,7H,2,4-6,8H2,(H3,16,17,19,21). The van der Waals surface area contributed by atoms with Crippen LogP contribution in [0, 0.1) is 0 Å². The number of imide groups is 1. The van der Waals surface area contributed by atoms with Gasteiger partial charge in [0.1, 0.15) is 13.2 Å². The van der Waals surface area contributed by atoms with Crippen molar-refractivity contribution in [2.24, 2.45) is 5.73 Å². The lowest BCUT2D eigenvalue weighted by Crippen LogP contribution is -2.37. The smallest absolute Gasteiger partial charge is 0.318 e. The Balaban J connectivity index is 1.79. The quantitative estimate of drug-likeness (QED) is 0.558. The van der Waals surface area contributed by atoms with E-state index in [1.807, 2.05) is 0 Å². The van der Waals surface area contributed by atoms with Gasteiger partial charge in [-0.25, -0.2) is 4.79 Å². The number of amides is 3. The van der Waals surface area contributed by atoms with Crippen molar-refractivity contribution in [2.75, 3.05) is 19.8 Å². The average molecular weight is 336 g/mol. The van der Waals surface area contributed by atoms with E-state index < -0.39 is 24.5 Å². The van der Waals surface area contributed by atoms with Crippen molar-refractivity contribution < 1.29 is 33.4 Å². The van der Waals surface area contributed by atoms with Gasteiger partial charge in [-0.15, -0.1) is 0 Å². The van der Waals surface area contributed by atoms with Crippen LogP contribution in [0.2, 0.25) is 0 Å². The van der Waals surface area contributed by atoms with E-state index in [-0.39, 0.29) is 18.6 Å². The van der Waals surface area contributed by atoms with E-state index in [4.69, 9.17) is 15.2 Å². The molecule has 9 nitrogen and oxygen atoms in total. The fraction of sp³-hybridized carbons (Fsp3) is 0.333. The Kier molecular flexibility index (Phi) is 5.72. The van der Waals surface area contributed by atoms with Crippen LogP contribution in [0.5, 0.6) is 11.5 Å². The molecule has 0 atom stereocenters. The monoisotopic (exact) mass is 336 g/mol. The molecule has 1 aliphatic rings. The summed E-state index contributed by atoms with van der Waals surface area (Å²) in [5, 5.41) is 1.75. The number of nitrogens with two attached hydrogens (primary N) is 1. The average Bonchev–Trinajstić information content (AvgIpc) is 2.56. The van der Waals surface area contributed by atoms with E-state index in [1.165, 1.54) is 0 Å². The third kappa shape index (κ3) is 4.97. The summed E-state index contributed by atoms with van der Waals surface area (Å²) in [5.41, 5.74) is 5.12. The Labute approximate surface area is 137 Å². The van der Waals surface area contributed by atoms with Gasteiger partial charge in [-0.2, -0.15) is 0 Å². The lowest BCUT2D eigenvalue weighted by molar-refractivity contribution is -0.148. The molecule has 128 valence electrons. The van der Waals surface area contributed by atoms with Gasteiger partial charge in [-0.05, 0) is 18.2 Å². The van der Waals surface area contributed by atoms with Crippen LogP contribution in [0.3, 0.4) is 0 Å². The van der Waals surface area contributed by atoms with Crippen LogP contribution < -0.4 is 20.5 Å². The molecule has 0 saturated carbocycles. The number of carbonyl (C=O) groups is 4. The Morgan fingerprint density at radius 1 is 1.08 bits per heavy atom. The third-order valence-electron chi connectivity index (χ3n) is 3.05. The van der Waals surface area contributed by atoms with E-state index in [0.717, 1.165) is 0 Å². The van der Waals surface area contributed by atoms with Crippen molar-refractivity contribution in [2.45, 2.75) is 12.8 Å². The molecule has 0 radical (unpaired) electrons. The number of hydrogen-bond acceptors (Lipinski definition) is 7. The van der Waals surface area contributed by atoms with Crippen LogP contribution in [0.15, 0.2) is 18.2 Å².